The topological polar surface area (TPSA) is 114 Å². The summed E-state index contributed by atoms with van der Waals surface area (Å²) in [6.07, 6.45) is 0. The van der Waals surface area contributed by atoms with Gasteiger partial charge in [-0.15, -0.1) is 24.8 Å². The first kappa shape index (κ1) is 39.0. The fourth-order valence-electron chi connectivity index (χ4n) is 6.30. The second-order valence-electron chi connectivity index (χ2n) is 11.3. The van der Waals surface area contributed by atoms with Gasteiger partial charge in [0.1, 0.15) is 6.61 Å². The first-order chi connectivity index (χ1) is 22.2. The summed E-state index contributed by atoms with van der Waals surface area (Å²) in [5, 5.41) is 14.7. The van der Waals surface area contributed by atoms with Crippen molar-refractivity contribution in [2.45, 2.75) is 29.9 Å². The van der Waals surface area contributed by atoms with Gasteiger partial charge in [0.15, 0.2) is 0 Å². The quantitative estimate of drug-likeness (QED) is 0.0608. The molecule has 1 saturated heterocycles. The molecule has 2 aliphatic rings. The van der Waals surface area contributed by atoms with Crippen molar-refractivity contribution in [1.82, 2.24) is 15.1 Å². The van der Waals surface area contributed by atoms with E-state index >= 15 is 0 Å². The summed E-state index contributed by atoms with van der Waals surface area (Å²) in [6.45, 7) is 6.60. The van der Waals surface area contributed by atoms with Crippen LogP contribution in [0.15, 0.2) is 107 Å². The molecule has 0 saturated carbocycles. The van der Waals surface area contributed by atoms with Crippen LogP contribution in [0.1, 0.15) is 42.5 Å². The van der Waals surface area contributed by atoms with Crippen molar-refractivity contribution >= 4 is 65.0 Å². The van der Waals surface area contributed by atoms with Crippen molar-refractivity contribution in [2.75, 3.05) is 39.9 Å². The number of ether oxygens (including phenoxy) is 2. The van der Waals surface area contributed by atoms with Crippen molar-refractivity contribution < 1.29 is 24.0 Å². The summed E-state index contributed by atoms with van der Waals surface area (Å²) in [6, 6.07) is 27.2. The Hall–Kier alpha value is -3.49. The molecule has 0 spiro atoms. The molecule has 3 aromatic rings. The number of non-ortho nitro benzene ring substituents is 1. The van der Waals surface area contributed by atoms with Crippen molar-refractivity contribution in [1.29, 1.82) is 0 Å². The van der Waals surface area contributed by atoms with Gasteiger partial charge in [-0.2, -0.15) is 0 Å². The molecule has 2 unspecified atom stereocenters. The number of benzene rings is 3. The zero-order valence-electron chi connectivity index (χ0n) is 26.8. The molecule has 2 heterocycles. The zero-order valence-corrected chi connectivity index (χ0v) is 30.6. The number of nitro groups is 1. The number of hydrogen-bond acceptors (Lipinski definition) is 9. The Morgan fingerprint density at radius 1 is 0.917 bits per heavy atom. The maximum atomic E-state index is 13.7. The van der Waals surface area contributed by atoms with Gasteiger partial charge in [-0.25, -0.2) is 9.59 Å². The third-order valence-corrected chi connectivity index (χ3v) is 9.64. The Kier molecular flexibility index (Phi) is 14.4. The second-order valence-corrected chi connectivity index (χ2v) is 12.7. The number of carbonyl (C=O) groups is 2. The number of piperazine rings is 1. The molecule has 1 fully saturated rings. The van der Waals surface area contributed by atoms with Crippen LogP contribution in [0.2, 0.25) is 0 Å². The van der Waals surface area contributed by atoms with Crippen molar-refractivity contribution in [2.24, 2.45) is 0 Å². The molecule has 3 aromatic carbocycles. The van der Waals surface area contributed by atoms with Crippen LogP contribution in [-0.4, -0.2) is 70.6 Å². The monoisotopic (exact) mass is 808 g/mol. The molecule has 2 atom stereocenters. The number of hydrogen-bond donors (Lipinski definition) is 1. The number of allylic oxidation sites excluding steroid dienone is 2. The Morgan fingerprint density at radius 3 is 2.04 bits per heavy atom. The summed E-state index contributed by atoms with van der Waals surface area (Å²) in [4.78, 5) is 42.5. The highest BCUT2D eigenvalue weighted by molar-refractivity contribution is 14.1. The van der Waals surface area contributed by atoms with Crippen LogP contribution in [0.4, 0.5) is 5.69 Å². The number of alkyl halides is 1. The normalized spacial score (nSPS) is 18.4. The fraction of sp³-hybridized carbons (Fsp3) is 0.314. The summed E-state index contributed by atoms with van der Waals surface area (Å²) >= 11 is 2.46. The van der Waals surface area contributed by atoms with Crippen molar-refractivity contribution in [3.63, 3.8) is 0 Å². The van der Waals surface area contributed by atoms with Gasteiger partial charge in [0.25, 0.3) is 5.69 Å². The molecule has 13 heteroatoms. The highest BCUT2D eigenvalue weighted by Crippen LogP contribution is 2.40. The summed E-state index contributed by atoms with van der Waals surface area (Å²) in [5.74, 6) is -2.11. The Morgan fingerprint density at radius 2 is 1.50 bits per heavy atom. The van der Waals surface area contributed by atoms with E-state index in [4.69, 9.17) is 9.47 Å². The minimum Gasteiger partial charge on any atom is -0.466 e. The van der Waals surface area contributed by atoms with Gasteiger partial charge >= 0.3 is 11.9 Å². The molecule has 5 rings (SSSR count). The lowest BCUT2D eigenvalue weighted by Crippen LogP contribution is -2.52. The van der Waals surface area contributed by atoms with E-state index in [0.717, 1.165) is 19.6 Å². The SMILES string of the molecule is COC(=O)C1=C(C)NC(C)=C(C(=O)OCCN2CCN(C(c3ccccc3)c3ccccc3)CC2I)C1c1cccc([N+](=O)[O-])c1.Cl.Cl. The fourth-order valence-corrected chi connectivity index (χ4v) is 7.36. The van der Waals surface area contributed by atoms with Crippen LogP contribution in [0, 0.1) is 10.1 Å². The smallest absolute Gasteiger partial charge is 0.336 e. The predicted molar refractivity (Wildman–Crippen MR) is 198 cm³/mol. The van der Waals surface area contributed by atoms with E-state index in [2.05, 4.69) is 86.2 Å². The van der Waals surface area contributed by atoms with Crippen LogP contribution in [0.3, 0.4) is 0 Å². The number of nitro benzene ring substituents is 1. The molecule has 0 aliphatic carbocycles. The summed E-state index contributed by atoms with van der Waals surface area (Å²) in [5.41, 5.74) is 4.23. The third kappa shape index (κ3) is 8.75. The van der Waals surface area contributed by atoms with E-state index in [-0.39, 0.29) is 58.3 Å². The van der Waals surface area contributed by atoms with Crippen LogP contribution in [0.25, 0.3) is 0 Å². The van der Waals surface area contributed by atoms with Gasteiger partial charge < -0.3 is 14.8 Å². The lowest BCUT2D eigenvalue weighted by Gasteiger charge is -2.42. The first-order valence-corrected chi connectivity index (χ1v) is 16.3. The molecule has 2 aliphatic heterocycles. The van der Waals surface area contributed by atoms with Gasteiger partial charge in [-0.05, 0) is 30.5 Å². The van der Waals surface area contributed by atoms with Gasteiger partial charge in [0.2, 0.25) is 0 Å². The number of methoxy groups -OCH3 is 1. The van der Waals surface area contributed by atoms with Crippen molar-refractivity contribution in [3.05, 3.63) is 134 Å². The maximum Gasteiger partial charge on any atom is 0.336 e. The van der Waals surface area contributed by atoms with Crippen molar-refractivity contribution in [3.8, 4) is 0 Å². The van der Waals surface area contributed by atoms with Gasteiger partial charge in [0.05, 0.1) is 39.2 Å². The lowest BCUT2D eigenvalue weighted by atomic mass is 9.80. The molecular formula is C35H39Cl2IN4O6. The minimum absolute atomic E-state index is 0. The number of dihydropyridines is 1. The van der Waals surface area contributed by atoms with E-state index < -0.39 is 22.8 Å². The van der Waals surface area contributed by atoms with Gasteiger partial charge in [-0.1, -0.05) is 95.4 Å². The molecule has 48 heavy (non-hydrogen) atoms. The predicted octanol–water partition coefficient (Wildman–Crippen LogP) is 6.56. The number of rotatable bonds is 10. The molecule has 1 N–H and O–H groups in total. The van der Waals surface area contributed by atoms with Crippen LogP contribution in [0.5, 0.6) is 0 Å². The molecule has 0 aromatic heterocycles. The van der Waals surface area contributed by atoms with Crippen LogP contribution >= 0.6 is 47.4 Å². The van der Waals surface area contributed by atoms with Crippen LogP contribution < -0.4 is 5.32 Å². The van der Waals surface area contributed by atoms with E-state index in [9.17, 15) is 19.7 Å². The van der Waals surface area contributed by atoms with E-state index in [0.29, 0.717) is 23.5 Å². The number of nitrogens with one attached hydrogen (secondary N) is 1. The lowest BCUT2D eigenvalue weighted by molar-refractivity contribution is -0.384. The Balaban J connectivity index is 0.00000312. The first-order valence-electron chi connectivity index (χ1n) is 15.1. The molecule has 0 bridgehead atoms. The molecule has 0 radical (unpaired) electrons. The molecule has 10 nitrogen and oxygen atoms in total. The van der Waals surface area contributed by atoms with E-state index in [1.54, 1.807) is 26.0 Å². The standard InChI is InChI=1S/C35H37IN4O6.2ClH/c1-23-30(34(41)45-3)32(27-15-10-16-28(21-27)40(43)44)31(24(2)37-23)35(42)46-20-19-38-17-18-39(22-29(38)36)33(25-11-6-4-7-12-25)26-13-8-5-9-14-26;;/h4-16,21,29,32-33,37H,17-20,22H2,1-3H3;2*1H. The molecule has 256 valence electrons. The highest BCUT2D eigenvalue weighted by atomic mass is 127. The average Bonchev–Trinajstić information content (AvgIpc) is 3.06. The number of nitrogens with zero attached hydrogens (tertiary/aromatic N) is 3. The highest BCUT2D eigenvalue weighted by Gasteiger charge is 2.38. The van der Waals surface area contributed by atoms with Gasteiger partial charge in [0, 0.05) is 49.7 Å². The average molecular weight is 810 g/mol. The van der Waals surface area contributed by atoms with Crippen LogP contribution in [-0.2, 0) is 19.1 Å². The third-order valence-electron chi connectivity index (χ3n) is 8.46. The number of esters is 2. The summed E-state index contributed by atoms with van der Waals surface area (Å²) in [7, 11) is 1.26. The molecule has 0 amide bonds. The maximum absolute atomic E-state index is 13.7. The Labute approximate surface area is 306 Å². The van der Waals surface area contributed by atoms with Gasteiger partial charge in [-0.3, -0.25) is 19.9 Å². The second kappa shape index (κ2) is 17.8. The molecular weight excluding hydrogens is 770 g/mol. The van der Waals surface area contributed by atoms with E-state index in [1.165, 1.54) is 30.4 Å². The summed E-state index contributed by atoms with van der Waals surface area (Å²) < 4.78 is 11.1. The van der Waals surface area contributed by atoms with E-state index in [1.807, 2.05) is 12.1 Å². The number of halogens is 3. The zero-order chi connectivity index (χ0) is 32.8. The number of carbonyl (C=O) groups excluding carboxylic acids is 2. The largest absolute Gasteiger partial charge is 0.466 e. The minimum atomic E-state index is -0.894. The Bertz CT molecular complexity index is 1620.